The summed E-state index contributed by atoms with van der Waals surface area (Å²) in [5, 5.41) is 12.5. The van der Waals surface area contributed by atoms with Crippen LogP contribution in [0.1, 0.15) is 20.3 Å². The van der Waals surface area contributed by atoms with Gasteiger partial charge < -0.3 is 15.3 Å². The van der Waals surface area contributed by atoms with E-state index in [2.05, 4.69) is 17.1 Å². The van der Waals surface area contributed by atoms with Crippen molar-refractivity contribution in [1.29, 1.82) is 0 Å². The molecule has 3 heteroatoms. The normalized spacial score (nSPS) is 16.5. The van der Waals surface area contributed by atoms with Gasteiger partial charge in [-0.3, -0.25) is 0 Å². The van der Waals surface area contributed by atoms with Crippen molar-refractivity contribution < 1.29 is 5.11 Å². The molecule has 3 nitrogen and oxygen atoms in total. The van der Waals surface area contributed by atoms with Crippen LogP contribution >= 0.6 is 0 Å². The van der Waals surface area contributed by atoms with Crippen LogP contribution in [0.2, 0.25) is 0 Å². The van der Waals surface area contributed by atoms with Crippen molar-refractivity contribution in [2.24, 2.45) is 0 Å². The number of aliphatic hydroxyl groups is 1. The van der Waals surface area contributed by atoms with E-state index >= 15 is 0 Å². The summed E-state index contributed by atoms with van der Waals surface area (Å²) in [7, 11) is 4.03. The molecule has 0 bridgehead atoms. The Hall–Kier alpha value is -0.120. The number of hydrogen-bond donors (Lipinski definition) is 2. The molecule has 0 spiro atoms. The average molecular weight is 174 g/mol. The minimum Gasteiger partial charge on any atom is -0.394 e. The summed E-state index contributed by atoms with van der Waals surface area (Å²) in [6, 6.07) is 0. The summed E-state index contributed by atoms with van der Waals surface area (Å²) in [5.41, 5.74) is -0.153. The lowest BCUT2D eigenvalue weighted by atomic mass is 10.0. The second-order valence-corrected chi connectivity index (χ2v) is 3.88. The van der Waals surface area contributed by atoms with Gasteiger partial charge in [0, 0.05) is 6.54 Å². The molecule has 0 fully saturated rings. The molecular formula is C9H22N2O. The van der Waals surface area contributed by atoms with E-state index in [1.165, 1.54) is 0 Å². The molecule has 0 aromatic rings. The number of nitrogens with zero attached hydrogens (tertiary/aromatic N) is 1. The molecule has 0 saturated carbocycles. The van der Waals surface area contributed by atoms with Crippen molar-refractivity contribution in [3.8, 4) is 0 Å². The predicted molar refractivity (Wildman–Crippen MR) is 52.3 cm³/mol. The fraction of sp³-hybridized carbons (Fsp3) is 1.00. The van der Waals surface area contributed by atoms with Gasteiger partial charge in [0.1, 0.15) is 0 Å². The second kappa shape index (κ2) is 5.51. The third-order valence-corrected chi connectivity index (χ3v) is 1.82. The van der Waals surface area contributed by atoms with Crippen LogP contribution < -0.4 is 5.32 Å². The molecule has 2 N–H and O–H groups in total. The smallest absolute Gasteiger partial charge is 0.0623 e. The molecule has 0 radical (unpaired) electrons. The number of likely N-dealkylation sites (N-methyl/N-ethyl adjacent to an activating group) is 1. The Morgan fingerprint density at radius 1 is 1.42 bits per heavy atom. The molecule has 0 aromatic carbocycles. The molecule has 0 aliphatic rings. The third-order valence-electron chi connectivity index (χ3n) is 1.82. The molecule has 1 unspecified atom stereocenters. The van der Waals surface area contributed by atoms with Crippen molar-refractivity contribution >= 4 is 0 Å². The lowest BCUT2D eigenvalue weighted by Gasteiger charge is -2.31. The Balaban J connectivity index is 3.86. The molecule has 0 rings (SSSR count). The average Bonchev–Trinajstić information content (AvgIpc) is 2.00. The van der Waals surface area contributed by atoms with Gasteiger partial charge in [-0.25, -0.2) is 0 Å². The van der Waals surface area contributed by atoms with E-state index in [0.29, 0.717) is 0 Å². The largest absolute Gasteiger partial charge is 0.394 e. The number of hydrogen-bond acceptors (Lipinski definition) is 3. The van der Waals surface area contributed by atoms with E-state index in [9.17, 15) is 5.11 Å². The minimum atomic E-state index is -0.153. The molecule has 0 saturated heterocycles. The highest BCUT2D eigenvalue weighted by atomic mass is 16.3. The molecule has 0 aliphatic carbocycles. The summed E-state index contributed by atoms with van der Waals surface area (Å²) >= 11 is 0. The zero-order valence-corrected chi connectivity index (χ0v) is 8.72. The third kappa shape index (κ3) is 4.70. The number of aliphatic hydroxyl groups excluding tert-OH is 1. The van der Waals surface area contributed by atoms with E-state index in [1.54, 1.807) is 0 Å². The first-order valence-corrected chi connectivity index (χ1v) is 4.54. The molecule has 0 heterocycles. The van der Waals surface area contributed by atoms with E-state index in [4.69, 9.17) is 0 Å². The first kappa shape index (κ1) is 11.9. The van der Waals surface area contributed by atoms with Crippen molar-refractivity contribution in [2.45, 2.75) is 25.8 Å². The van der Waals surface area contributed by atoms with Gasteiger partial charge in [0.25, 0.3) is 0 Å². The fourth-order valence-corrected chi connectivity index (χ4v) is 1.29. The Morgan fingerprint density at radius 3 is 2.33 bits per heavy atom. The van der Waals surface area contributed by atoms with Gasteiger partial charge in [-0.15, -0.1) is 0 Å². The Labute approximate surface area is 75.8 Å². The van der Waals surface area contributed by atoms with Gasteiger partial charge in [0.15, 0.2) is 0 Å². The molecule has 0 amide bonds. The fourth-order valence-electron chi connectivity index (χ4n) is 1.29. The van der Waals surface area contributed by atoms with E-state index < -0.39 is 0 Å². The van der Waals surface area contributed by atoms with Crippen LogP contribution in [0.25, 0.3) is 0 Å². The number of nitrogens with one attached hydrogen (secondary N) is 1. The van der Waals surface area contributed by atoms with Crippen molar-refractivity contribution in [2.75, 3.05) is 33.8 Å². The SMILES string of the molecule is CCCNC(C)(CO)CN(C)C. The van der Waals surface area contributed by atoms with Gasteiger partial charge in [0.2, 0.25) is 0 Å². The highest BCUT2D eigenvalue weighted by Gasteiger charge is 2.22. The lowest BCUT2D eigenvalue weighted by molar-refractivity contribution is 0.142. The van der Waals surface area contributed by atoms with Crippen LogP contribution in [-0.4, -0.2) is 49.3 Å². The monoisotopic (exact) mass is 174 g/mol. The topological polar surface area (TPSA) is 35.5 Å². The quantitative estimate of drug-likeness (QED) is 0.608. The maximum atomic E-state index is 9.17. The zero-order valence-electron chi connectivity index (χ0n) is 8.72. The Morgan fingerprint density at radius 2 is 2.00 bits per heavy atom. The molecule has 74 valence electrons. The zero-order chi connectivity index (χ0) is 9.61. The van der Waals surface area contributed by atoms with Crippen LogP contribution in [0.15, 0.2) is 0 Å². The summed E-state index contributed by atoms with van der Waals surface area (Å²) in [5.74, 6) is 0. The standard InChI is InChI=1S/C9H22N2O/c1-5-6-10-9(2,8-12)7-11(3)4/h10,12H,5-8H2,1-4H3. The molecular weight excluding hydrogens is 152 g/mol. The first-order chi connectivity index (χ1) is 5.54. The summed E-state index contributed by atoms with van der Waals surface area (Å²) < 4.78 is 0. The first-order valence-electron chi connectivity index (χ1n) is 4.54. The van der Waals surface area contributed by atoms with Crippen LogP contribution in [0.3, 0.4) is 0 Å². The van der Waals surface area contributed by atoms with Crippen LogP contribution in [0, 0.1) is 0 Å². The molecule has 12 heavy (non-hydrogen) atoms. The molecule has 0 aliphatic heterocycles. The lowest BCUT2D eigenvalue weighted by Crippen LogP contribution is -2.52. The van der Waals surface area contributed by atoms with E-state index in [1.807, 2.05) is 21.0 Å². The van der Waals surface area contributed by atoms with Crippen LogP contribution in [-0.2, 0) is 0 Å². The van der Waals surface area contributed by atoms with Crippen molar-refractivity contribution in [1.82, 2.24) is 10.2 Å². The minimum absolute atomic E-state index is 0.153. The molecule has 1 atom stereocenters. The highest BCUT2D eigenvalue weighted by Crippen LogP contribution is 2.03. The predicted octanol–water partition coefficient (Wildman–Crippen LogP) is 0.299. The van der Waals surface area contributed by atoms with Gasteiger partial charge in [0.05, 0.1) is 12.1 Å². The van der Waals surface area contributed by atoms with Gasteiger partial charge in [-0.05, 0) is 34.0 Å². The Bertz CT molecular complexity index is 117. The number of rotatable bonds is 6. The van der Waals surface area contributed by atoms with E-state index in [-0.39, 0.29) is 12.1 Å². The van der Waals surface area contributed by atoms with Crippen LogP contribution in [0.4, 0.5) is 0 Å². The van der Waals surface area contributed by atoms with Crippen molar-refractivity contribution in [3.63, 3.8) is 0 Å². The van der Waals surface area contributed by atoms with Gasteiger partial charge >= 0.3 is 0 Å². The summed E-state index contributed by atoms with van der Waals surface area (Å²) in [6.45, 7) is 6.18. The molecule has 0 aromatic heterocycles. The maximum Gasteiger partial charge on any atom is 0.0623 e. The highest BCUT2D eigenvalue weighted by molar-refractivity contribution is 4.84. The van der Waals surface area contributed by atoms with Gasteiger partial charge in [-0.1, -0.05) is 6.92 Å². The van der Waals surface area contributed by atoms with Gasteiger partial charge in [-0.2, -0.15) is 0 Å². The second-order valence-electron chi connectivity index (χ2n) is 3.88. The van der Waals surface area contributed by atoms with Crippen molar-refractivity contribution in [3.05, 3.63) is 0 Å². The van der Waals surface area contributed by atoms with E-state index in [0.717, 1.165) is 19.5 Å². The van der Waals surface area contributed by atoms with Crippen LogP contribution in [0.5, 0.6) is 0 Å². The Kier molecular flexibility index (Phi) is 5.46. The summed E-state index contributed by atoms with van der Waals surface area (Å²) in [6.07, 6.45) is 1.10. The summed E-state index contributed by atoms with van der Waals surface area (Å²) in [4.78, 5) is 2.08. The maximum absolute atomic E-state index is 9.17.